The van der Waals surface area contributed by atoms with E-state index in [9.17, 15) is 14.9 Å². The van der Waals surface area contributed by atoms with E-state index in [0.717, 1.165) is 3.57 Å². The molecule has 8 nitrogen and oxygen atoms in total. The lowest BCUT2D eigenvalue weighted by atomic mass is 10.1. The highest BCUT2D eigenvalue weighted by Crippen LogP contribution is 2.35. The van der Waals surface area contributed by atoms with Gasteiger partial charge in [-0.05, 0) is 64.4 Å². The number of non-ortho nitro benzene ring substituents is 1. The van der Waals surface area contributed by atoms with Gasteiger partial charge in [0.05, 0.1) is 22.2 Å². The van der Waals surface area contributed by atoms with Crippen LogP contribution in [-0.4, -0.2) is 30.5 Å². The first-order valence-electron chi connectivity index (χ1n) is 9.06. The van der Waals surface area contributed by atoms with Gasteiger partial charge in [-0.1, -0.05) is 13.8 Å². The zero-order valence-corrected chi connectivity index (χ0v) is 18.7. The molecule has 2 aromatic rings. The first kappa shape index (κ1) is 21.8. The highest BCUT2D eigenvalue weighted by molar-refractivity contribution is 14.1. The number of cyclic esters (lactones) is 1. The zero-order valence-electron chi connectivity index (χ0n) is 16.5. The zero-order chi connectivity index (χ0) is 21.8. The smallest absolute Gasteiger partial charge is 0.363 e. The molecule has 0 N–H and O–H groups in total. The van der Waals surface area contributed by atoms with Crippen molar-refractivity contribution in [3.63, 3.8) is 0 Å². The molecule has 0 saturated heterocycles. The lowest BCUT2D eigenvalue weighted by Gasteiger charge is -2.15. The summed E-state index contributed by atoms with van der Waals surface area (Å²) in [6.45, 7) is 4.68. The summed E-state index contributed by atoms with van der Waals surface area (Å²) in [5, 5.41) is 10.8. The van der Waals surface area contributed by atoms with Gasteiger partial charge in [-0.25, -0.2) is 9.79 Å². The number of methoxy groups -OCH3 is 1. The maximum absolute atomic E-state index is 12.3. The van der Waals surface area contributed by atoms with Gasteiger partial charge in [0.2, 0.25) is 5.90 Å². The number of rotatable bonds is 7. The van der Waals surface area contributed by atoms with Gasteiger partial charge in [0.1, 0.15) is 0 Å². The summed E-state index contributed by atoms with van der Waals surface area (Å²) in [6, 6.07) is 9.25. The van der Waals surface area contributed by atoms with Crippen molar-refractivity contribution < 1.29 is 23.9 Å². The number of benzene rings is 2. The molecule has 0 atom stereocenters. The molecule has 1 aliphatic rings. The van der Waals surface area contributed by atoms with Gasteiger partial charge < -0.3 is 14.2 Å². The van der Waals surface area contributed by atoms with Gasteiger partial charge in [0, 0.05) is 17.7 Å². The molecule has 1 aliphatic heterocycles. The van der Waals surface area contributed by atoms with Crippen molar-refractivity contribution in [1.29, 1.82) is 0 Å². The van der Waals surface area contributed by atoms with Crippen molar-refractivity contribution in [1.82, 2.24) is 0 Å². The Hall–Kier alpha value is -2.95. The largest absolute Gasteiger partial charge is 0.493 e. The Balaban J connectivity index is 1.89. The summed E-state index contributed by atoms with van der Waals surface area (Å²) in [5.74, 6) is 1.07. The molecule has 0 spiro atoms. The van der Waals surface area contributed by atoms with Crippen LogP contribution < -0.4 is 9.47 Å². The minimum atomic E-state index is -0.600. The molecule has 1 heterocycles. The standard InChI is InChI=1S/C21H19IN2O6/c1-12(2)11-29-19-16(22)8-13(10-18(19)28-3)9-17-21(25)30-20(23-17)14-4-6-15(7-5-14)24(26)27/h4-10,12H,11H2,1-3H3/b17-9-. The summed E-state index contributed by atoms with van der Waals surface area (Å²) < 4.78 is 17.4. The second-order valence-corrected chi connectivity index (χ2v) is 8.04. The Morgan fingerprint density at radius 1 is 1.27 bits per heavy atom. The molecule has 3 rings (SSSR count). The van der Waals surface area contributed by atoms with Crippen LogP contribution in [0.1, 0.15) is 25.0 Å². The summed E-state index contributed by atoms with van der Waals surface area (Å²) in [4.78, 5) is 26.8. The molecule has 0 fully saturated rings. The van der Waals surface area contributed by atoms with E-state index in [1.165, 1.54) is 24.3 Å². The molecule has 156 valence electrons. The van der Waals surface area contributed by atoms with E-state index in [4.69, 9.17) is 14.2 Å². The quantitative estimate of drug-likeness (QED) is 0.174. The number of esters is 1. The normalized spacial score (nSPS) is 14.6. The fourth-order valence-electron chi connectivity index (χ4n) is 2.63. The fourth-order valence-corrected chi connectivity index (χ4v) is 3.41. The lowest BCUT2D eigenvalue weighted by molar-refractivity contribution is -0.384. The van der Waals surface area contributed by atoms with E-state index in [1.807, 2.05) is 6.07 Å². The van der Waals surface area contributed by atoms with Crippen LogP contribution in [0.4, 0.5) is 5.69 Å². The SMILES string of the molecule is COc1cc(/C=C2\N=C(c3ccc([N+](=O)[O-])cc3)OC2=O)cc(I)c1OCC(C)C. The number of carbonyl (C=O) groups excluding carboxylic acids is 1. The van der Waals surface area contributed by atoms with Crippen LogP contribution >= 0.6 is 22.6 Å². The van der Waals surface area contributed by atoms with Crippen LogP contribution in [0.5, 0.6) is 11.5 Å². The van der Waals surface area contributed by atoms with E-state index in [1.54, 1.807) is 19.3 Å². The minimum Gasteiger partial charge on any atom is -0.493 e. The fraction of sp³-hybridized carbons (Fsp3) is 0.238. The van der Waals surface area contributed by atoms with E-state index in [2.05, 4.69) is 41.4 Å². The van der Waals surface area contributed by atoms with E-state index in [0.29, 0.717) is 35.2 Å². The van der Waals surface area contributed by atoms with Crippen molar-refractivity contribution >= 4 is 46.2 Å². The molecular weight excluding hydrogens is 503 g/mol. The third-order valence-electron chi connectivity index (χ3n) is 4.06. The molecular formula is C21H19IN2O6. The predicted molar refractivity (Wildman–Crippen MR) is 120 cm³/mol. The molecule has 30 heavy (non-hydrogen) atoms. The van der Waals surface area contributed by atoms with Gasteiger partial charge in [-0.15, -0.1) is 0 Å². The molecule has 0 saturated carbocycles. The Kier molecular flexibility index (Phi) is 6.70. The minimum absolute atomic E-state index is 0.0547. The summed E-state index contributed by atoms with van der Waals surface area (Å²) in [6.07, 6.45) is 1.59. The number of halogens is 1. The van der Waals surface area contributed by atoms with E-state index < -0.39 is 10.9 Å². The number of carbonyl (C=O) groups is 1. The third-order valence-corrected chi connectivity index (χ3v) is 4.86. The third kappa shape index (κ3) is 4.96. The highest BCUT2D eigenvalue weighted by Gasteiger charge is 2.25. The van der Waals surface area contributed by atoms with Crippen LogP contribution in [0.25, 0.3) is 6.08 Å². The van der Waals surface area contributed by atoms with Gasteiger partial charge in [-0.2, -0.15) is 0 Å². The number of nitro groups is 1. The maximum Gasteiger partial charge on any atom is 0.363 e. The number of nitro benzene ring substituents is 1. The van der Waals surface area contributed by atoms with Crippen LogP contribution in [0.3, 0.4) is 0 Å². The van der Waals surface area contributed by atoms with Gasteiger partial charge in [0.25, 0.3) is 5.69 Å². The van der Waals surface area contributed by atoms with Gasteiger partial charge in [0.15, 0.2) is 17.2 Å². The van der Waals surface area contributed by atoms with Gasteiger partial charge >= 0.3 is 5.97 Å². The number of hydrogen-bond acceptors (Lipinski definition) is 7. The summed E-state index contributed by atoms with van der Waals surface area (Å²) >= 11 is 2.15. The molecule has 0 amide bonds. The predicted octanol–water partition coefficient (Wildman–Crippen LogP) is 4.59. The average Bonchev–Trinajstić information content (AvgIpc) is 3.07. The molecule has 9 heteroatoms. The molecule has 0 bridgehead atoms. The van der Waals surface area contributed by atoms with Gasteiger partial charge in [-0.3, -0.25) is 10.1 Å². The van der Waals surface area contributed by atoms with Crippen LogP contribution in [-0.2, 0) is 9.53 Å². The summed E-state index contributed by atoms with van der Waals surface area (Å²) in [7, 11) is 1.55. The second-order valence-electron chi connectivity index (χ2n) is 6.88. The monoisotopic (exact) mass is 522 g/mol. The van der Waals surface area contributed by atoms with Crippen molar-refractivity contribution in [2.45, 2.75) is 13.8 Å². The van der Waals surface area contributed by atoms with Crippen molar-refractivity contribution in [2.24, 2.45) is 10.9 Å². The Morgan fingerprint density at radius 2 is 1.97 bits per heavy atom. The molecule has 2 aromatic carbocycles. The number of aliphatic imine (C=N–C) groups is 1. The van der Waals surface area contributed by atoms with E-state index in [-0.39, 0.29) is 17.3 Å². The Morgan fingerprint density at radius 3 is 2.57 bits per heavy atom. The average molecular weight is 522 g/mol. The highest BCUT2D eigenvalue weighted by atomic mass is 127. The Bertz CT molecular complexity index is 1040. The molecule has 0 aliphatic carbocycles. The van der Waals surface area contributed by atoms with Crippen molar-refractivity contribution in [3.05, 3.63) is 66.9 Å². The number of hydrogen-bond donors (Lipinski definition) is 0. The van der Waals surface area contributed by atoms with Crippen molar-refractivity contribution in [3.8, 4) is 11.5 Å². The topological polar surface area (TPSA) is 100 Å². The van der Waals surface area contributed by atoms with E-state index >= 15 is 0 Å². The van der Waals surface area contributed by atoms with Crippen LogP contribution in [0.15, 0.2) is 47.1 Å². The summed E-state index contributed by atoms with van der Waals surface area (Å²) in [5.41, 5.74) is 1.24. The maximum atomic E-state index is 12.3. The Labute approximate surface area is 186 Å². The number of nitrogens with zero attached hydrogens (tertiary/aromatic N) is 2. The van der Waals surface area contributed by atoms with Crippen molar-refractivity contribution in [2.75, 3.05) is 13.7 Å². The number of ether oxygens (including phenoxy) is 3. The van der Waals surface area contributed by atoms with Crippen LogP contribution in [0, 0.1) is 19.6 Å². The molecule has 0 radical (unpaired) electrons. The first-order chi connectivity index (χ1) is 14.3. The second kappa shape index (κ2) is 9.24. The molecule has 0 unspecified atom stereocenters. The first-order valence-corrected chi connectivity index (χ1v) is 10.1. The molecule has 0 aromatic heterocycles. The van der Waals surface area contributed by atoms with Crippen LogP contribution in [0.2, 0.25) is 0 Å². The lowest BCUT2D eigenvalue weighted by Crippen LogP contribution is -2.07.